The highest BCUT2D eigenvalue weighted by atomic mass is 35.5. The summed E-state index contributed by atoms with van der Waals surface area (Å²) in [5, 5.41) is 4.09. The summed E-state index contributed by atoms with van der Waals surface area (Å²) in [6.07, 6.45) is 2.64. The van der Waals surface area contributed by atoms with Gasteiger partial charge in [-0.3, -0.25) is 4.79 Å². The maximum absolute atomic E-state index is 12.3. The van der Waals surface area contributed by atoms with E-state index in [0.29, 0.717) is 6.42 Å². The van der Waals surface area contributed by atoms with Crippen molar-refractivity contribution in [2.75, 3.05) is 19.6 Å². The van der Waals surface area contributed by atoms with Crippen molar-refractivity contribution in [1.82, 2.24) is 10.2 Å². The molecular weight excluding hydrogens is 295 g/mol. The van der Waals surface area contributed by atoms with E-state index in [4.69, 9.17) is 11.6 Å². The van der Waals surface area contributed by atoms with Gasteiger partial charge in [-0.15, -0.1) is 12.4 Å². The Morgan fingerprint density at radius 3 is 2.90 bits per heavy atom. The number of rotatable bonds is 4. The number of benzene rings is 1. The molecule has 1 aliphatic heterocycles. The molecule has 0 aliphatic carbocycles. The molecule has 2 rings (SSSR count). The fraction of sp³-hybridized carbons (Fsp3) is 0.533. The molecule has 0 radical (unpaired) electrons. The van der Waals surface area contributed by atoms with Crippen LogP contribution in [0.25, 0.3) is 0 Å². The molecule has 1 unspecified atom stereocenters. The van der Waals surface area contributed by atoms with E-state index in [2.05, 4.69) is 12.2 Å². The van der Waals surface area contributed by atoms with Crippen LogP contribution in [0.3, 0.4) is 0 Å². The van der Waals surface area contributed by atoms with Gasteiger partial charge in [0.15, 0.2) is 0 Å². The Balaban J connectivity index is 0.00000200. The Morgan fingerprint density at radius 1 is 1.45 bits per heavy atom. The molecule has 1 saturated heterocycles. The van der Waals surface area contributed by atoms with Crippen LogP contribution in [0.15, 0.2) is 24.3 Å². The van der Waals surface area contributed by atoms with Gasteiger partial charge in [0.2, 0.25) is 5.91 Å². The molecule has 0 spiro atoms. The molecular formula is C15H22Cl2N2O. The zero-order chi connectivity index (χ0) is 13.7. The lowest BCUT2D eigenvalue weighted by atomic mass is 10.0. The van der Waals surface area contributed by atoms with Crippen LogP contribution in [0.2, 0.25) is 5.02 Å². The van der Waals surface area contributed by atoms with Crippen LogP contribution in [-0.2, 0) is 4.79 Å². The van der Waals surface area contributed by atoms with E-state index in [1.807, 2.05) is 29.2 Å². The van der Waals surface area contributed by atoms with Gasteiger partial charge in [0.1, 0.15) is 0 Å². The number of hydrogen-bond acceptors (Lipinski definition) is 2. The maximum atomic E-state index is 12.3. The Kier molecular flexibility index (Phi) is 7.35. The number of hydrogen-bond donors (Lipinski definition) is 1. The van der Waals surface area contributed by atoms with Crippen molar-refractivity contribution >= 4 is 29.9 Å². The van der Waals surface area contributed by atoms with Gasteiger partial charge in [-0.1, -0.05) is 43.1 Å². The lowest BCUT2D eigenvalue weighted by molar-refractivity contribution is -0.134. The molecule has 1 heterocycles. The molecule has 1 aromatic carbocycles. The molecule has 0 saturated carbocycles. The van der Waals surface area contributed by atoms with Gasteiger partial charge >= 0.3 is 0 Å². The van der Waals surface area contributed by atoms with Crippen LogP contribution >= 0.6 is 24.0 Å². The quantitative estimate of drug-likeness (QED) is 0.923. The van der Waals surface area contributed by atoms with Crippen LogP contribution in [0.1, 0.15) is 37.8 Å². The molecule has 1 amide bonds. The third-order valence-corrected chi connectivity index (χ3v) is 3.92. The molecule has 1 aromatic rings. The normalized spacial score (nSPS) is 18.5. The Bertz CT molecular complexity index is 440. The first kappa shape index (κ1) is 17.3. The van der Waals surface area contributed by atoms with Crippen molar-refractivity contribution in [2.24, 2.45) is 0 Å². The summed E-state index contributed by atoms with van der Waals surface area (Å²) >= 11 is 6.27. The standard InChI is InChI=1S/C15H21ClN2O.ClH/c1-2-3-8-15(19)18-10-9-17-11-14(18)12-6-4-5-7-13(12)16;/h4-7,14,17H,2-3,8-11H2,1H3;1H. The predicted molar refractivity (Wildman–Crippen MR) is 85.5 cm³/mol. The fourth-order valence-electron chi connectivity index (χ4n) is 2.50. The Labute approximate surface area is 132 Å². The van der Waals surface area contributed by atoms with Gasteiger partial charge in [0.25, 0.3) is 0 Å². The van der Waals surface area contributed by atoms with Crippen LogP contribution in [0.5, 0.6) is 0 Å². The predicted octanol–water partition coefficient (Wildman–Crippen LogP) is 3.42. The van der Waals surface area contributed by atoms with Crippen LogP contribution in [-0.4, -0.2) is 30.4 Å². The first-order valence-corrected chi connectivity index (χ1v) is 7.36. The minimum absolute atomic E-state index is 0. The molecule has 0 bridgehead atoms. The van der Waals surface area contributed by atoms with Crippen LogP contribution in [0.4, 0.5) is 0 Å². The summed E-state index contributed by atoms with van der Waals surface area (Å²) in [7, 11) is 0. The van der Waals surface area contributed by atoms with Gasteiger partial charge in [0, 0.05) is 31.1 Å². The Morgan fingerprint density at radius 2 is 2.20 bits per heavy atom. The summed E-state index contributed by atoms with van der Waals surface area (Å²) in [4.78, 5) is 14.3. The summed E-state index contributed by atoms with van der Waals surface area (Å²) in [5.41, 5.74) is 1.04. The number of amides is 1. The first-order valence-electron chi connectivity index (χ1n) is 6.98. The SMILES string of the molecule is CCCCC(=O)N1CCNCC1c1ccccc1Cl.Cl. The van der Waals surface area contributed by atoms with E-state index in [1.54, 1.807) is 0 Å². The van der Waals surface area contributed by atoms with Crippen molar-refractivity contribution in [3.63, 3.8) is 0 Å². The van der Waals surface area contributed by atoms with Crippen molar-refractivity contribution in [1.29, 1.82) is 0 Å². The van der Waals surface area contributed by atoms with Gasteiger partial charge in [-0.25, -0.2) is 0 Å². The summed E-state index contributed by atoms with van der Waals surface area (Å²) < 4.78 is 0. The number of carbonyl (C=O) groups excluding carboxylic acids is 1. The topological polar surface area (TPSA) is 32.3 Å². The molecule has 5 heteroatoms. The molecule has 1 aliphatic rings. The van der Waals surface area contributed by atoms with E-state index in [9.17, 15) is 4.79 Å². The molecule has 112 valence electrons. The average molecular weight is 317 g/mol. The average Bonchev–Trinajstić information content (AvgIpc) is 2.45. The van der Waals surface area contributed by atoms with E-state index >= 15 is 0 Å². The minimum atomic E-state index is 0. The lowest BCUT2D eigenvalue weighted by Gasteiger charge is -2.37. The molecule has 3 nitrogen and oxygen atoms in total. The monoisotopic (exact) mass is 316 g/mol. The van der Waals surface area contributed by atoms with Gasteiger partial charge in [-0.05, 0) is 18.1 Å². The molecule has 1 atom stereocenters. The Hall–Kier alpha value is -0.770. The number of unbranched alkanes of at least 4 members (excludes halogenated alkanes) is 1. The number of piperazine rings is 1. The van der Waals surface area contributed by atoms with E-state index in [1.165, 1.54) is 0 Å². The van der Waals surface area contributed by atoms with Crippen molar-refractivity contribution in [3.8, 4) is 0 Å². The smallest absolute Gasteiger partial charge is 0.223 e. The summed E-state index contributed by atoms with van der Waals surface area (Å²) in [5.74, 6) is 0.244. The number of nitrogens with one attached hydrogen (secondary N) is 1. The van der Waals surface area contributed by atoms with Gasteiger partial charge < -0.3 is 10.2 Å². The van der Waals surface area contributed by atoms with Crippen molar-refractivity contribution < 1.29 is 4.79 Å². The number of halogens is 2. The third-order valence-electron chi connectivity index (χ3n) is 3.57. The largest absolute Gasteiger partial charge is 0.333 e. The number of nitrogens with zero attached hydrogens (tertiary/aromatic N) is 1. The molecule has 1 fully saturated rings. The molecule has 20 heavy (non-hydrogen) atoms. The van der Waals surface area contributed by atoms with Gasteiger partial charge in [-0.2, -0.15) is 0 Å². The first-order chi connectivity index (χ1) is 9.24. The second-order valence-electron chi connectivity index (χ2n) is 4.93. The van der Waals surface area contributed by atoms with Crippen LogP contribution in [0, 0.1) is 0 Å². The summed E-state index contributed by atoms with van der Waals surface area (Å²) in [6.45, 7) is 4.51. The lowest BCUT2D eigenvalue weighted by Crippen LogP contribution is -2.48. The summed E-state index contributed by atoms with van der Waals surface area (Å²) in [6, 6.07) is 7.86. The molecule has 1 N–H and O–H groups in total. The van der Waals surface area contributed by atoms with E-state index < -0.39 is 0 Å². The third kappa shape index (κ3) is 4.11. The van der Waals surface area contributed by atoms with Crippen molar-refractivity contribution in [3.05, 3.63) is 34.9 Å². The van der Waals surface area contributed by atoms with Gasteiger partial charge in [0.05, 0.1) is 6.04 Å². The number of carbonyl (C=O) groups is 1. The highest BCUT2D eigenvalue weighted by Gasteiger charge is 2.28. The maximum Gasteiger partial charge on any atom is 0.223 e. The zero-order valence-corrected chi connectivity index (χ0v) is 13.3. The highest BCUT2D eigenvalue weighted by molar-refractivity contribution is 6.31. The molecule has 0 aromatic heterocycles. The zero-order valence-electron chi connectivity index (χ0n) is 11.8. The second-order valence-corrected chi connectivity index (χ2v) is 5.34. The van der Waals surface area contributed by atoms with Crippen molar-refractivity contribution in [2.45, 2.75) is 32.2 Å². The highest BCUT2D eigenvalue weighted by Crippen LogP contribution is 2.29. The van der Waals surface area contributed by atoms with Crippen LogP contribution < -0.4 is 5.32 Å². The van der Waals surface area contributed by atoms with E-state index in [-0.39, 0.29) is 24.4 Å². The minimum Gasteiger partial charge on any atom is -0.333 e. The van der Waals surface area contributed by atoms with E-state index in [0.717, 1.165) is 43.1 Å². The second kappa shape index (κ2) is 8.50. The fourth-order valence-corrected chi connectivity index (χ4v) is 2.76.